The molecule has 0 spiro atoms. The third kappa shape index (κ3) is 3.68. The number of alkyl halides is 2. The van der Waals surface area contributed by atoms with E-state index in [-0.39, 0.29) is 17.8 Å². The van der Waals surface area contributed by atoms with E-state index in [0.717, 1.165) is 5.56 Å². The van der Waals surface area contributed by atoms with E-state index in [1.54, 1.807) is 43.5 Å². The van der Waals surface area contributed by atoms with Gasteiger partial charge in [0.25, 0.3) is 5.92 Å². The molecule has 1 aromatic heterocycles. The van der Waals surface area contributed by atoms with Crippen molar-refractivity contribution in [1.82, 2.24) is 4.98 Å². The molecule has 1 aliphatic carbocycles. The van der Waals surface area contributed by atoms with Crippen molar-refractivity contribution in [3.05, 3.63) is 60.2 Å². The van der Waals surface area contributed by atoms with E-state index in [1.807, 2.05) is 6.07 Å². The van der Waals surface area contributed by atoms with E-state index < -0.39 is 36.1 Å². The van der Waals surface area contributed by atoms with Crippen LogP contribution in [-0.2, 0) is 9.53 Å². The van der Waals surface area contributed by atoms with Crippen molar-refractivity contribution in [2.24, 2.45) is 23.7 Å². The van der Waals surface area contributed by atoms with Crippen LogP contribution < -0.4 is 0 Å². The van der Waals surface area contributed by atoms with Gasteiger partial charge in [-0.1, -0.05) is 31.2 Å². The number of cyclic esters (lactones) is 1. The van der Waals surface area contributed by atoms with E-state index in [2.05, 4.69) is 4.98 Å². The Morgan fingerprint density at radius 3 is 2.66 bits per heavy atom. The summed E-state index contributed by atoms with van der Waals surface area (Å²) in [7, 11) is 0. The van der Waals surface area contributed by atoms with Gasteiger partial charge in [0.2, 0.25) is 0 Å². The van der Waals surface area contributed by atoms with Gasteiger partial charge >= 0.3 is 5.97 Å². The first kappa shape index (κ1) is 19.7. The number of benzene rings is 1. The molecule has 1 aromatic carbocycles. The standard InChI is InChI=1S/C23H22F3NO2/c1-13-19(21-14(2)29-22(28)20(21)11-23(13,25)26)9-8-18-7-6-16(12-27-18)15-4-3-5-17(24)10-15/h3-10,12-14,19-21H,11H2,1-2H3/b9-8+/t13-,14+,19-,20?,21?/m0/s1. The fourth-order valence-corrected chi connectivity index (χ4v) is 4.58. The molecule has 1 aliphatic heterocycles. The lowest BCUT2D eigenvalue weighted by atomic mass is 9.64. The van der Waals surface area contributed by atoms with Crippen LogP contribution in [0.1, 0.15) is 26.0 Å². The molecule has 5 atom stereocenters. The Labute approximate surface area is 167 Å². The Morgan fingerprint density at radius 1 is 1.17 bits per heavy atom. The normalized spacial score (nSPS) is 30.9. The minimum atomic E-state index is -2.92. The van der Waals surface area contributed by atoms with Crippen LogP contribution in [-0.4, -0.2) is 23.0 Å². The molecular weight excluding hydrogens is 379 g/mol. The van der Waals surface area contributed by atoms with Gasteiger partial charge in [0.05, 0.1) is 11.6 Å². The van der Waals surface area contributed by atoms with Gasteiger partial charge in [-0.25, -0.2) is 13.2 Å². The van der Waals surface area contributed by atoms with Crippen LogP contribution in [0, 0.1) is 29.5 Å². The summed E-state index contributed by atoms with van der Waals surface area (Å²) in [5, 5.41) is 0. The number of hydrogen-bond donors (Lipinski definition) is 0. The van der Waals surface area contributed by atoms with Crippen molar-refractivity contribution in [1.29, 1.82) is 0 Å². The topological polar surface area (TPSA) is 39.2 Å². The number of carbonyl (C=O) groups is 1. The highest BCUT2D eigenvalue weighted by molar-refractivity contribution is 5.76. The van der Waals surface area contributed by atoms with Gasteiger partial charge in [-0.3, -0.25) is 9.78 Å². The molecule has 2 unspecified atom stereocenters. The second kappa shape index (κ2) is 7.32. The zero-order valence-electron chi connectivity index (χ0n) is 16.2. The van der Waals surface area contributed by atoms with E-state index in [9.17, 15) is 18.0 Å². The Morgan fingerprint density at radius 2 is 1.97 bits per heavy atom. The lowest BCUT2D eigenvalue weighted by Crippen LogP contribution is -2.46. The summed E-state index contributed by atoms with van der Waals surface area (Å²) >= 11 is 0. The lowest BCUT2D eigenvalue weighted by molar-refractivity contribution is -0.152. The zero-order chi connectivity index (χ0) is 20.8. The Bertz CT molecular complexity index is 941. The number of esters is 1. The molecular formula is C23H22F3NO2. The maximum absolute atomic E-state index is 14.5. The first-order valence-corrected chi connectivity index (χ1v) is 9.75. The van der Waals surface area contributed by atoms with Crippen molar-refractivity contribution in [2.45, 2.75) is 32.3 Å². The molecule has 0 amide bonds. The maximum Gasteiger partial charge on any atom is 0.309 e. The number of allylic oxidation sites excluding steroid dienone is 1. The van der Waals surface area contributed by atoms with Crippen LogP contribution in [0.3, 0.4) is 0 Å². The number of aromatic nitrogens is 1. The zero-order valence-corrected chi connectivity index (χ0v) is 16.2. The van der Waals surface area contributed by atoms with E-state index in [1.165, 1.54) is 19.1 Å². The number of nitrogens with zero attached hydrogens (tertiary/aromatic N) is 1. The van der Waals surface area contributed by atoms with Gasteiger partial charge in [-0.2, -0.15) is 0 Å². The second-order valence-electron chi connectivity index (χ2n) is 8.00. The van der Waals surface area contributed by atoms with Gasteiger partial charge in [-0.05, 0) is 42.7 Å². The van der Waals surface area contributed by atoms with Crippen molar-refractivity contribution in [3.8, 4) is 11.1 Å². The Kier molecular flexibility index (Phi) is 4.97. The molecule has 2 aromatic rings. The first-order valence-electron chi connectivity index (χ1n) is 9.75. The molecule has 1 saturated carbocycles. The highest BCUT2D eigenvalue weighted by Crippen LogP contribution is 2.52. The van der Waals surface area contributed by atoms with Gasteiger partial charge < -0.3 is 4.74 Å². The molecule has 3 nitrogen and oxygen atoms in total. The molecule has 1 saturated heterocycles. The molecule has 2 aliphatic rings. The largest absolute Gasteiger partial charge is 0.462 e. The number of ether oxygens (including phenoxy) is 1. The van der Waals surface area contributed by atoms with Gasteiger partial charge in [-0.15, -0.1) is 0 Å². The van der Waals surface area contributed by atoms with E-state index in [0.29, 0.717) is 11.3 Å². The van der Waals surface area contributed by atoms with Gasteiger partial charge in [0, 0.05) is 30.0 Å². The predicted molar refractivity (Wildman–Crippen MR) is 103 cm³/mol. The Hall–Kier alpha value is -2.63. The molecule has 0 N–H and O–H groups in total. The summed E-state index contributed by atoms with van der Waals surface area (Å²) < 4.78 is 47.6. The third-order valence-electron chi connectivity index (χ3n) is 6.23. The minimum absolute atomic E-state index is 0.264. The summed E-state index contributed by atoms with van der Waals surface area (Å²) in [6, 6.07) is 9.80. The summed E-state index contributed by atoms with van der Waals surface area (Å²) in [5.74, 6) is -6.19. The van der Waals surface area contributed by atoms with Gasteiger partial charge in [0.15, 0.2) is 0 Å². The van der Waals surface area contributed by atoms with Crippen LogP contribution in [0.4, 0.5) is 13.2 Å². The number of halogens is 3. The van der Waals surface area contributed by atoms with Crippen LogP contribution in [0.5, 0.6) is 0 Å². The van der Waals surface area contributed by atoms with Crippen LogP contribution >= 0.6 is 0 Å². The Balaban J connectivity index is 1.57. The average molecular weight is 401 g/mol. The molecule has 2 fully saturated rings. The number of carbonyl (C=O) groups excluding carboxylic acids is 1. The molecule has 0 radical (unpaired) electrons. The van der Waals surface area contributed by atoms with Crippen molar-refractivity contribution in [3.63, 3.8) is 0 Å². The monoisotopic (exact) mass is 401 g/mol. The highest BCUT2D eigenvalue weighted by Gasteiger charge is 2.59. The van der Waals surface area contributed by atoms with Gasteiger partial charge in [0.1, 0.15) is 11.9 Å². The van der Waals surface area contributed by atoms with Crippen LogP contribution in [0.15, 0.2) is 48.7 Å². The summed E-state index contributed by atoms with van der Waals surface area (Å²) in [5.41, 5.74) is 2.09. The highest BCUT2D eigenvalue weighted by atomic mass is 19.3. The van der Waals surface area contributed by atoms with Crippen LogP contribution in [0.25, 0.3) is 17.2 Å². The number of pyridine rings is 1. The fraction of sp³-hybridized carbons (Fsp3) is 0.391. The minimum Gasteiger partial charge on any atom is -0.462 e. The number of hydrogen-bond acceptors (Lipinski definition) is 3. The third-order valence-corrected chi connectivity index (χ3v) is 6.23. The molecule has 2 heterocycles. The SMILES string of the molecule is C[C@H]1OC(=O)C2CC(F)(F)[C@@H](C)[C@H](/C=C/c3ccc(-c4cccc(F)c4)cn3)C21. The van der Waals surface area contributed by atoms with Crippen molar-refractivity contribution >= 4 is 12.0 Å². The average Bonchev–Trinajstić information content (AvgIpc) is 2.95. The smallest absolute Gasteiger partial charge is 0.309 e. The fourth-order valence-electron chi connectivity index (χ4n) is 4.58. The summed E-state index contributed by atoms with van der Waals surface area (Å²) in [6.07, 6.45) is 4.24. The van der Waals surface area contributed by atoms with Crippen molar-refractivity contribution < 1.29 is 22.7 Å². The van der Waals surface area contributed by atoms with Crippen molar-refractivity contribution in [2.75, 3.05) is 0 Å². The molecule has 6 heteroatoms. The first-order chi connectivity index (χ1) is 13.8. The lowest BCUT2D eigenvalue weighted by Gasteiger charge is -2.41. The molecule has 4 rings (SSSR count). The molecule has 0 bridgehead atoms. The molecule has 29 heavy (non-hydrogen) atoms. The number of rotatable bonds is 3. The summed E-state index contributed by atoms with van der Waals surface area (Å²) in [6.45, 7) is 3.30. The molecule has 152 valence electrons. The number of fused-ring (bicyclic) bond motifs is 1. The van der Waals surface area contributed by atoms with E-state index in [4.69, 9.17) is 4.74 Å². The predicted octanol–water partition coefficient (Wildman–Crippen LogP) is 5.37. The second-order valence-corrected chi connectivity index (χ2v) is 8.00. The summed E-state index contributed by atoms with van der Waals surface area (Å²) in [4.78, 5) is 16.4. The maximum atomic E-state index is 14.5. The van der Waals surface area contributed by atoms with Crippen LogP contribution in [0.2, 0.25) is 0 Å². The van der Waals surface area contributed by atoms with E-state index >= 15 is 0 Å². The quantitative estimate of drug-likeness (QED) is 0.649.